The van der Waals surface area contributed by atoms with Crippen LogP contribution in [-0.2, 0) is 18.9 Å². The molecular formula is C17H18N6O4. The van der Waals surface area contributed by atoms with Gasteiger partial charge in [0.15, 0.2) is 11.2 Å². The summed E-state index contributed by atoms with van der Waals surface area (Å²) in [5.41, 5.74) is -0.325. The van der Waals surface area contributed by atoms with E-state index < -0.39 is 29.2 Å². The molecule has 0 saturated carbocycles. The normalized spacial score (nSPS) is 12.0. The Morgan fingerprint density at radius 1 is 1.07 bits per heavy atom. The number of urea groups is 1. The molecule has 0 unspecified atom stereocenters. The Labute approximate surface area is 153 Å². The Balaban J connectivity index is 2.28. The number of nitrogens with zero attached hydrogens (tertiary/aromatic N) is 4. The molecule has 3 amide bonds. The Kier molecular flexibility index (Phi) is 4.63. The Bertz CT molecular complexity index is 1140. The molecule has 3 rings (SSSR count). The first-order valence-electron chi connectivity index (χ1n) is 8.07. The molecule has 0 spiro atoms. The average molecular weight is 370 g/mol. The van der Waals surface area contributed by atoms with Crippen LogP contribution in [0.3, 0.4) is 0 Å². The number of aryl methyl sites for hydroxylation is 1. The minimum atomic E-state index is -1.03. The van der Waals surface area contributed by atoms with Crippen molar-refractivity contribution in [3.8, 4) is 0 Å². The summed E-state index contributed by atoms with van der Waals surface area (Å²) in [5.74, 6) is -0.643. The monoisotopic (exact) mass is 370 g/mol. The molecule has 0 aliphatic carbocycles. The highest BCUT2D eigenvalue weighted by Gasteiger charge is 2.27. The summed E-state index contributed by atoms with van der Waals surface area (Å²) in [4.78, 5) is 53.4. The standard InChI is InChI=1S/C17H18N6O4/c1-18-16(26)20-14(24)11(10-7-5-4-6-8-10)23-9-19-13-12(23)15(25)22(3)17(27)21(13)2/h4-9,11H,1-3H3,(H2,18,20,24,26)/t11-/m0/s1. The van der Waals surface area contributed by atoms with E-state index in [1.807, 2.05) is 0 Å². The highest BCUT2D eigenvalue weighted by atomic mass is 16.2. The summed E-state index contributed by atoms with van der Waals surface area (Å²) >= 11 is 0. The first-order chi connectivity index (χ1) is 12.9. The van der Waals surface area contributed by atoms with Crippen LogP contribution in [0.5, 0.6) is 0 Å². The van der Waals surface area contributed by atoms with Crippen molar-refractivity contribution < 1.29 is 9.59 Å². The SMILES string of the molecule is CNC(=O)NC(=O)[C@H](c1ccccc1)n1cnc2c1c(=O)n(C)c(=O)n2C. The second-order valence-electron chi connectivity index (χ2n) is 5.91. The number of aromatic nitrogens is 4. The predicted molar refractivity (Wildman–Crippen MR) is 97.4 cm³/mol. The summed E-state index contributed by atoms with van der Waals surface area (Å²) in [6.45, 7) is 0. The van der Waals surface area contributed by atoms with Gasteiger partial charge in [-0.2, -0.15) is 0 Å². The van der Waals surface area contributed by atoms with Crippen molar-refractivity contribution >= 4 is 23.1 Å². The highest BCUT2D eigenvalue weighted by Crippen LogP contribution is 2.22. The summed E-state index contributed by atoms with van der Waals surface area (Å²) < 4.78 is 3.54. The maximum atomic E-state index is 12.8. The maximum absolute atomic E-state index is 12.8. The van der Waals surface area contributed by atoms with Gasteiger partial charge in [0.05, 0.1) is 6.33 Å². The third-order valence-corrected chi connectivity index (χ3v) is 4.28. The lowest BCUT2D eigenvalue weighted by Gasteiger charge is -2.19. The van der Waals surface area contributed by atoms with Crippen LogP contribution < -0.4 is 21.9 Å². The highest BCUT2D eigenvalue weighted by molar-refractivity contribution is 5.98. The second kappa shape index (κ2) is 6.90. The number of carbonyl (C=O) groups excluding carboxylic acids is 2. The molecule has 1 atom stereocenters. The van der Waals surface area contributed by atoms with Gasteiger partial charge in [0.2, 0.25) is 0 Å². The molecule has 0 aliphatic heterocycles. The molecule has 2 N–H and O–H groups in total. The molecular weight excluding hydrogens is 352 g/mol. The van der Waals surface area contributed by atoms with Crippen LogP contribution in [0.4, 0.5) is 4.79 Å². The van der Waals surface area contributed by atoms with Crippen LogP contribution in [0.1, 0.15) is 11.6 Å². The maximum Gasteiger partial charge on any atom is 0.332 e. The van der Waals surface area contributed by atoms with Gasteiger partial charge >= 0.3 is 11.7 Å². The third kappa shape index (κ3) is 3.01. The lowest BCUT2D eigenvalue weighted by molar-refractivity contribution is -0.122. The van der Waals surface area contributed by atoms with Gasteiger partial charge in [-0.15, -0.1) is 0 Å². The molecule has 0 bridgehead atoms. The Morgan fingerprint density at radius 2 is 1.74 bits per heavy atom. The van der Waals surface area contributed by atoms with Gasteiger partial charge in [0.1, 0.15) is 6.04 Å². The van der Waals surface area contributed by atoms with Gasteiger partial charge in [-0.1, -0.05) is 30.3 Å². The van der Waals surface area contributed by atoms with Gasteiger partial charge in [-0.25, -0.2) is 14.6 Å². The molecule has 0 fully saturated rings. The number of carbonyl (C=O) groups is 2. The van der Waals surface area contributed by atoms with Crippen LogP contribution in [0.25, 0.3) is 11.2 Å². The van der Waals surface area contributed by atoms with E-state index in [1.54, 1.807) is 30.3 Å². The third-order valence-electron chi connectivity index (χ3n) is 4.28. The summed E-state index contributed by atoms with van der Waals surface area (Å²) in [6, 6.07) is 6.96. The summed E-state index contributed by atoms with van der Waals surface area (Å²) in [6.07, 6.45) is 1.31. The second-order valence-corrected chi connectivity index (χ2v) is 5.91. The van der Waals surface area contributed by atoms with Gasteiger partial charge in [-0.05, 0) is 5.56 Å². The zero-order valence-electron chi connectivity index (χ0n) is 15.0. The minimum Gasteiger partial charge on any atom is -0.341 e. The molecule has 10 nitrogen and oxygen atoms in total. The Hall–Kier alpha value is -3.69. The lowest BCUT2D eigenvalue weighted by atomic mass is 10.1. The van der Waals surface area contributed by atoms with E-state index in [0.29, 0.717) is 5.56 Å². The van der Waals surface area contributed by atoms with Crippen molar-refractivity contribution in [2.24, 2.45) is 14.1 Å². The average Bonchev–Trinajstić information content (AvgIpc) is 3.10. The molecule has 2 aromatic heterocycles. The number of amides is 3. The van der Waals surface area contributed by atoms with Crippen molar-refractivity contribution in [3.63, 3.8) is 0 Å². The molecule has 0 aliphatic rings. The molecule has 10 heteroatoms. The molecule has 140 valence electrons. The molecule has 27 heavy (non-hydrogen) atoms. The number of hydrogen-bond acceptors (Lipinski definition) is 5. The van der Waals surface area contributed by atoms with Gasteiger partial charge in [-0.3, -0.25) is 24.0 Å². The van der Waals surface area contributed by atoms with Crippen LogP contribution >= 0.6 is 0 Å². The zero-order valence-corrected chi connectivity index (χ0v) is 15.0. The lowest BCUT2D eigenvalue weighted by Crippen LogP contribution is -2.43. The molecule has 1 aromatic carbocycles. The predicted octanol–water partition coefficient (Wildman–Crippen LogP) is -0.521. The number of imidazole rings is 1. The van der Waals surface area contributed by atoms with Gasteiger partial charge in [0, 0.05) is 21.1 Å². The topological polar surface area (TPSA) is 120 Å². The molecule has 2 heterocycles. The van der Waals surface area contributed by atoms with E-state index in [1.165, 1.54) is 36.6 Å². The van der Waals surface area contributed by atoms with Crippen LogP contribution in [0.15, 0.2) is 46.2 Å². The first-order valence-corrected chi connectivity index (χ1v) is 8.07. The van der Waals surface area contributed by atoms with Crippen molar-refractivity contribution in [1.29, 1.82) is 0 Å². The number of nitrogens with one attached hydrogen (secondary N) is 2. The fourth-order valence-corrected chi connectivity index (χ4v) is 2.88. The first kappa shape index (κ1) is 18.1. The summed E-state index contributed by atoms with van der Waals surface area (Å²) in [7, 11) is 4.23. The number of benzene rings is 1. The van der Waals surface area contributed by atoms with Crippen LogP contribution in [0.2, 0.25) is 0 Å². The quantitative estimate of drug-likeness (QED) is 0.643. The molecule has 0 saturated heterocycles. The van der Waals surface area contributed by atoms with E-state index in [4.69, 9.17) is 0 Å². The van der Waals surface area contributed by atoms with E-state index in [2.05, 4.69) is 15.6 Å². The fraction of sp³-hybridized carbons (Fsp3) is 0.235. The van der Waals surface area contributed by atoms with Crippen LogP contribution in [0, 0.1) is 0 Å². The number of imide groups is 1. The zero-order chi connectivity index (χ0) is 19.7. The van der Waals surface area contributed by atoms with Gasteiger partial charge < -0.3 is 9.88 Å². The van der Waals surface area contributed by atoms with E-state index in [0.717, 1.165) is 4.57 Å². The van der Waals surface area contributed by atoms with Crippen molar-refractivity contribution in [2.75, 3.05) is 7.05 Å². The Morgan fingerprint density at radius 3 is 2.37 bits per heavy atom. The van der Waals surface area contributed by atoms with Gasteiger partial charge in [0.25, 0.3) is 11.5 Å². The smallest absolute Gasteiger partial charge is 0.332 e. The largest absolute Gasteiger partial charge is 0.341 e. The van der Waals surface area contributed by atoms with E-state index >= 15 is 0 Å². The van der Waals surface area contributed by atoms with E-state index in [-0.39, 0.29) is 11.2 Å². The minimum absolute atomic E-state index is 0.0838. The van der Waals surface area contributed by atoms with Crippen molar-refractivity contribution in [3.05, 3.63) is 63.1 Å². The molecule has 3 aromatic rings. The van der Waals surface area contributed by atoms with Crippen molar-refractivity contribution in [1.82, 2.24) is 29.3 Å². The van der Waals surface area contributed by atoms with Crippen LogP contribution in [-0.4, -0.2) is 37.7 Å². The summed E-state index contributed by atoms with van der Waals surface area (Å²) in [5, 5.41) is 4.54. The molecule has 0 radical (unpaired) electrons. The van der Waals surface area contributed by atoms with Crippen molar-refractivity contribution in [2.45, 2.75) is 6.04 Å². The fourth-order valence-electron chi connectivity index (χ4n) is 2.88. The number of hydrogen-bond donors (Lipinski definition) is 2. The number of rotatable bonds is 3. The van der Waals surface area contributed by atoms with E-state index in [9.17, 15) is 19.2 Å². The number of fused-ring (bicyclic) bond motifs is 1.